The van der Waals surface area contributed by atoms with Crippen molar-refractivity contribution in [3.05, 3.63) is 42.0 Å². The Hall–Kier alpha value is -2.37. The number of hydrogen-bond donors (Lipinski definition) is 2. The third-order valence-electron chi connectivity index (χ3n) is 2.49. The summed E-state index contributed by atoms with van der Waals surface area (Å²) in [6, 6.07) is 3.49. The molecule has 0 spiro atoms. The van der Waals surface area contributed by atoms with Crippen LogP contribution in [0.1, 0.15) is 5.56 Å². The highest BCUT2D eigenvalue weighted by Gasteiger charge is 2.19. The molecule has 0 aliphatic heterocycles. The Labute approximate surface area is 121 Å². The average molecular weight is 309 g/mol. The van der Waals surface area contributed by atoms with Crippen molar-refractivity contribution < 1.29 is 17.9 Å². The standard InChI is InChI=1S/C13H12FN3O3S/c1-17-9-11(8-15-17)16-21(19,20)13-5-4-10(3-2-6-18)7-12(13)14/h4-5,7-9,16,18H,6H2,1H3. The average Bonchev–Trinajstić information content (AvgIpc) is 2.80. The highest BCUT2D eigenvalue weighted by Crippen LogP contribution is 2.19. The molecule has 6 nitrogen and oxygen atoms in total. The van der Waals surface area contributed by atoms with Gasteiger partial charge in [-0.1, -0.05) is 11.8 Å². The first kappa shape index (κ1) is 15.0. The van der Waals surface area contributed by atoms with Crippen molar-refractivity contribution in [2.45, 2.75) is 4.90 Å². The number of sulfonamides is 1. The lowest BCUT2D eigenvalue weighted by Crippen LogP contribution is -2.14. The van der Waals surface area contributed by atoms with Crippen molar-refractivity contribution in [2.75, 3.05) is 11.3 Å². The normalized spacial score (nSPS) is 10.8. The van der Waals surface area contributed by atoms with Crippen LogP contribution in [0.4, 0.5) is 10.1 Å². The van der Waals surface area contributed by atoms with Gasteiger partial charge in [-0.15, -0.1) is 0 Å². The van der Waals surface area contributed by atoms with E-state index in [1.165, 1.54) is 23.1 Å². The van der Waals surface area contributed by atoms with Gasteiger partial charge in [-0.2, -0.15) is 5.10 Å². The van der Waals surface area contributed by atoms with E-state index in [1.807, 2.05) is 0 Å². The van der Waals surface area contributed by atoms with Crippen molar-refractivity contribution in [1.82, 2.24) is 9.78 Å². The second-order valence-corrected chi connectivity index (χ2v) is 5.76. The molecular weight excluding hydrogens is 297 g/mol. The number of hydrogen-bond acceptors (Lipinski definition) is 4. The summed E-state index contributed by atoms with van der Waals surface area (Å²) in [7, 11) is -2.41. The number of aromatic nitrogens is 2. The number of aliphatic hydroxyl groups is 1. The molecule has 1 aromatic carbocycles. The molecule has 0 saturated carbocycles. The Balaban J connectivity index is 2.32. The van der Waals surface area contributed by atoms with Gasteiger partial charge in [-0.05, 0) is 18.2 Å². The van der Waals surface area contributed by atoms with E-state index in [2.05, 4.69) is 21.7 Å². The van der Waals surface area contributed by atoms with Crippen molar-refractivity contribution in [3.63, 3.8) is 0 Å². The Morgan fingerprint density at radius 1 is 1.48 bits per heavy atom. The summed E-state index contributed by atoms with van der Waals surface area (Å²) in [4.78, 5) is -0.485. The molecule has 1 aromatic heterocycles. The molecule has 0 aliphatic rings. The van der Waals surface area contributed by atoms with Gasteiger partial charge in [0.05, 0.1) is 11.9 Å². The van der Waals surface area contributed by atoms with Crippen molar-refractivity contribution in [2.24, 2.45) is 7.05 Å². The van der Waals surface area contributed by atoms with Gasteiger partial charge < -0.3 is 5.11 Å². The Morgan fingerprint density at radius 2 is 2.24 bits per heavy atom. The lowest BCUT2D eigenvalue weighted by atomic mass is 10.2. The summed E-state index contributed by atoms with van der Waals surface area (Å²) in [5.41, 5.74) is 0.517. The van der Waals surface area contributed by atoms with Crippen LogP contribution in [-0.4, -0.2) is 29.9 Å². The molecule has 0 fully saturated rings. The van der Waals surface area contributed by atoms with Crippen LogP contribution in [-0.2, 0) is 17.1 Å². The summed E-state index contributed by atoms with van der Waals surface area (Å²) in [5, 5.41) is 12.4. The first-order chi connectivity index (χ1) is 9.92. The number of anilines is 1. The van der Waals surface area contributed by atoms with Gasteiger partial charge in [-0.25, -0.2) is 12.8 Å². The molecule has 0 radical (unpaired) electrons. The minimum absolute atomic E-state index is 0.237. The number of aliphatic hydroxyl groups excluding tert-OH is 1. The summed E-state index contributed by atoms with van der Waals surface area (Å²) in [6.45, 7) is -0.357. The van der Waals surface area contributed by atoms with E-state index in [9.17, 15) is 12.8 Å². The molecule has 0 aliphatic carbocycles. The van der Waals surface area contributed by atoms with Gasteiger partial charge in [0, 0.05) is 18.8 Å². The monoisotopic (exact) mass is 309 g/mol. The number of nitrogens with one attached hydrogen (secondary N) is 1. The minimum atomic E-state index is -4.04. The zero-order chi connectivity index (χ0) is 15.5. The first-order valence-electron chi connectivity index (χ1n) is 5.83. The zero-order valence-electron chi connectivity index (χ0n) is 11.0. The molecule has 2 N–H and O–H groups in total. The minimum Gasteiger partial charge on any atom is -0.384 e. The lowest BCUT2D eigenvalue weighted by molar-refractivity contribution is 0.350. The Kier molecular flexibility index (Phi) is 4.26. The van der Waals surface area contributed by atoms with Crippen molar-refractivity contribution >= 4 is 15.7 Å². The van der Waals surface area contributed by atoms with E-state index in [0.717, 1.165) is 12.1 Å². The fourth-order valence-electron chi connectivity index (χ4n) is 1.62. The highest BCUT2D eigenvalue weighted by atomic mass is 32.2. The second kappa shape index (κ2) is 5.95. The summed E-state index contributed by atoms with van der Waals surface area (Å²) in [5.74, 6) is 3.93. The molecule has 0 atom stereocenters. The summed E-state index contributed by atoms with van der Waals surface area (Å²) in [6.07, 6.45) is 2.77. The molecule has 1 heterocycles. The number of halogens is 1. The van der Waals surface area contributed by atoms with Crippen molar-refractivity contribution in [1.29, 1.82) is 0 Å². The van der Waals surface area contributed by atoms with E-state index in [4.69, 9.17) is 5.11 Å². The predicted octanol–water partition coefficient (Wildman–Crippen LogP) is 0.704. The molecule has 0 bridgehead atoms. The van der Waals surface area contributed by atoms with Crippen LogP contribution in [0.2, 0.25) is 0 Å². The van der Waals surface area contributed by atoms with Crippen LogP contribution in [0.15, 0.2) is 35.5 Å². The molecular formula is C13H12FN3O3S. The second-order valence-electron chi connectivity index (χ2n) is 4.11. The highest BCUT2D eigenvalue weighted by molar-refractivity contribution is 7.92. The third-order valence-corrected chi connectivity index (χ3v) is 3.90. The maximum absolute atomic E-state index is 13.9. The van der Waals surface area contributed by atoms with Gasteiger partial charge in [0.1, 0.15) is 17.3 Å². The van der Waals surface area contributed by atoms with Gasteiger partial charge >= 0.3 is 0 Å². The Morgan fingerprint density at radius 3 is 2.81 bits per heavy atom. The van der Waals surface area contributed by atoms with Gasteiger partial charge in [-0.3, -0.25) is 9.40 Å². The molecule has 2 rings (SSSR count). The number of rotatable bonds is 3. The van der Waals surface area contributed by atoms with Crippen LogP contribution < -0.4 is 4.72 Å². The van der Waals surface area contributed by atoms with Crippen LogP contribution in [0, 0.1) is 17.7 Å². The SMILES string of the molecule is Cn1cc(NS(=O)(=O)c2ccc(C#CCO)cc2F)cn1. The van der Waals surface area contributed by atoms with E-state index in [-0.39, 0.29) is 17.9 Å². The zero-order valence-corrected chi connectivity index (χ0v) is 11.9. The molecule has 0 saturated heterocycles. The van der Waals surface area contributed by atoms with Crippen LogP contribution in [0.25, 0.3) is 0 Å². The molecule has 21 heavy (non-hydrogen) atoms. The van der Waals surface area contributed by atoms with Gasteiger partial charge in [0.2, 0.25) is 0 Å². The van der Waals surface area contributed by atoms with E-state index < -0.39 is 20.7 Å². The molecule has 110 valence electrons. The van der Waals surface area contributed by atoms with Gasteiger partial charge in [0.15, 0.2) is 0 Å². The molecule has 0 amide bonds. The van der Waals surface area contributed by atoms with Crippen LogP contribution in [0.5, 0.6) is 0 Å². The lowest BCUT2D eigenvalue weighted by Gasteiger charge is -2.07. The molecule has 2 aromatic rings. The summed E-state index contributed by atoms with van der Waals surface area (Å²) < 4.78 is 41.7. The van der Waals surface area contributed by atoms with Crippen LogP contribution >= 0.6 is 0 Å². The largest absolute Gasteiger partial charge is 0.384 e. The maximum Gasteiger partial charge on any atom is 0.264 e. The summed E-state index contributed by atoms with van der Waals surface area (Å²) >= 11 is 0. The quantitative estimate of drug-likeness (QED) is 0.818. The predicted molar refractivity (Wildman–Crippen MR) is 74.4 cm³/mol. The van der Waals surface area contributed by atoms with E-state index in [0.29, 0.717) is 0 Å². The maximum atomic E-state index is 13.9. The number of nitrogens with zero attached hydrogens (tertiary/aromatic N) is 2. The number of benzene rings is 1. The smallest absolute Gasteiger partial charge is 0.264 e. The third kappa shape index (κ3) is 3.59. The fraction of sp³-hybridized carbons (Fsp3) is 0.154. The van der Waals surface area contributed by atoms with E-state index >= 15 is 0 Å². The van der Waals surface area contributed by atoms with Gasteiger partial charge in [0.25, 0.3) is 10.0 Å². The number of aryl methyl sites for hydroxylation is 1. The van der Waals surface area contributed by atoms with E-state index in [1.54, 1.807) is 7.05 Å². The topological polar surface area (TPSA) is 84.2 Å². The van der Waals surface area contributed by atoms with Crippen LogP contribution in [0.3, 0.4) is 0 Å². The fourth-order valence-corrected chi connectivity index (χ4v) is 2.71. The van der Waals surface area contributed by atoms with Crippen molar-refractivity contribution in [3.8, 4) is 11.8 Å². The first-order valence-corrected chi connectivity index (χ1v) is 7.31. The Bertz CT molecular complexity index is 819. The molecule has 0 unspecified atom stereocenters. The molecule has 8 heteroatoms.